The fourth-order valence-corrected chi connectivity index (χ4v) is 6.96. The Morgan fingerprint density at radius 1 is 0.328 bits per heavy atom. The van der Waals surface area contributed by atoms with Crippen molar-refractivity contribution in [2.45, 2.75) is 232 Å². The third-order valence-corrected chi connectivity index (χ3v) is 11.0. The number of esters is 3. The van der Waals surface area contributed by atoms with Gasteiger partial charge in [0.1, 0.15) is 13.2 Å². The van der Waals surface area contributed by atoms with Crippen molar-refractivity contribution in [3.63, 3.8) is 0 Å². The van der Waals surface area contributed by atoms with E-state index in [4.69, 9.17) is 14.2 Å². The molecule has 6 heteroatoms. The van der Waals surface area contributed by atoms with Gasteiger partial charge in [-0.3, -0.25) is 14.4 Å². The van der Waals surface area contributed by atoms with E-state index in [1.165, 1.54) is 103 Å². The summed E-state index contributed by atoms with van der Waals surface area (Å²) in [6.07, 6.45) is 74.7. The van der Waals surface area contributed by atoms with E-state index in [9.17, 15) is 14.4 Å². The van der Waals surface area contributed by atoms with Crippen LogP contribution < -0.4 is 0 Å². The molecule has 67 heavy (non-hydrogen) atoms. The highest BCUT2D eigenvalue weighted by atomic mass is 16.6. The van der Waals surface area contributed by atoms with Crippen molar-refractivity contribution >= 4 is 17.9 Å². The molecule has 0 rings (SSSR count). The van der Waals surface area contributed by atoms with Gasteiger partial charge in [0.25, 0.3) is 0 Å². The van der Waals surface area contributed by atoms with E-state index < -0.39 is 6.10 Å². The van der Waals surface area contributed by atoms with Crippen molar-refractivity contribution in [2.24, 2.45) is 0 Å². The monoisotopic (exact) mass is 927 g/mol. The molecule has 0 bridgehead atoms. The molecule has 0 saturated heterocycles. The topological polar surface area (TPSA) is 78.9 Å². The Bertz CT molecular complexity index is 1440. The van der Waals surface area contributed by atoms with Gasteiger partial charge in [0, 0.05) is 19.3 Å². The zero-order valence-electron chi connectivity index (χ0n) is 43.1. The first-order valence-corrected chi connectivity index (χ1v) is 27.1. The number of hydrogen-bond donors (Lipinski definition) is 0. The van der Waals surface area contributed by atoms with Crippen LogP contribution in [0, 0.1) is 0 Å². The van der Waals surface area contributed by atoms with E-state index in [2.05, 4.69) is 106 Å². The van der Waals surface area contributed by atoms with E-state index in [1.807, 2.05) is 36.5 Å². The number of hydrogen-bond acceptors (Lipinski definition) is 6. The van der Waals surface area contributed by atoms with Crippen molar-refractivity contribution in [3.8, 4) is 0 Å². The minimum Gasteiger partial charge on any atom is -0.462 e. The van der Waals surface area contributed by atoms with Crippen LogP contribution in [0.3, 0.4) is 0 Å². The van der Waals surface area contributed by atoms with Gasteiger partial charge in [-0.2, -0.15) is 0 Å². The number of carbonyl (C=O) groups excluding carboxylic acids is 3. The van der Waals surface area contributed by atoms with Gasteiger partial charge in [0.15, 0.2) is 6.10 Å². The summed E-state index contributed by atoms with van der Waals surface area (Å²) in [5, 5.41) is 0. The van der Waals surface area contributed by atoms with Crippen LogP contribution in [0.15, 0.2) is 122 Å². The van der Waals surface area contributed by atoms with Crippen molar-refractivity contribution in [3.05, 3.63) is 122 Å². The van der Waals surface area contributed by atoms with E-state index in [0.717, 1.165) is 77.0 Å². The van der Waals surface area contributed by atoms with Crippen LogP contribution in [-0.2, 0) is 28.6 Å². The highest BCUT2D eigenvalue weighted by Crippen LogP contribution is 2.14. The maximum absolute atomic E-state index is 12.8. The molecule has 0 saturated carbocycles. The van der Waals surface area contributed by atoms with E-state index in [-0.39, 0.29) is 37.5 Å². The minimum atomic E-state index is -0.827. The molecule has 0 spiro atoms. The largest absolute Gasteiger partial charge is 0.462 e. The second-order valence-electron chi connectivity index (χ2n) is 17.5. The van der Waals surface area contributed by atoms with Gasteiger partial charge in [0.2, 0.25) is 0 Å². The van der Waals surface area contributed by atoms with Crippen molar-refractivity contribution in [2.75, 3.05) is 13.2 Å². The minimum absolute atomic E-state index is 0.118. The highest BCUT2D eigenvalue weighted by molar-refractivity contribution is 5.71. The van der Waals surface area contributed by atoms with Gasteiger partial charge < -0.3 is 14.2 Å². The second kappa shape index (κ2) is 54.4. The second-order valence-corrected chi connectivity index (χ2v) is 17.5. The third-order valence-electron chi connectivity index (χ3n) is 11.0. The van der Waals surface area contributed by atoms with Gasteiger partial charge in [-0.05, 0) is 103 Å². The Kier molecular flexibility index (Phi) is 51.0. The predicted molar refractivity (Wildman–Crippen MR) is 288 cm³/mol. The maximum Gasteiger partial charge on any atom is 0.306 e. The van der Waals surface area contributed by atoms with Gasteiger partial charge in [-0.25, -0.2) is 0 Å². The number of allylic oxidation sites excluding steroid dienone is 20. The summed E-state index contributed by atoms with van der Waals surface area (Å²) >= 11 is 0. The van der Waals surface area contributed by atoms with Crippen molar-refractivity contribution in [1.29, 1.82) is 0 Å². The van der Waals surface area contributed by atoms with Crippen LogP contribution in [-0.4, -0.2) is 37.2 Å². The predicted octanol–water partition coefficient (Wildman–Crippen LogP) is 18.1. The van der Waals surface area contributed by atoms with Crippen LogP contribution in [0.4, 0.5) is 0 Å². The summed E-state index contributed by atoms with van der Waals surface area (Å²) < 4.78 is 16.7. The summed E-state index contributed by atoms with van der Waals surface area (Å²) in [6, 6.07) is 0. The van der Waals surface area contributed by atoms with Crippen molar-refractivity contribution in [1.82, 2.24) is 0 Å². The number of unbranched alkanes of at least 4 members (excludes halogenated alkanes) is 20. The van der Waals surface area contributed by atoms with Crippen LogP contribution in [0.2, 0.25) is 0 Å². The lowest BCUT2D eigenvalue weighted by Crippen LogP contribution is -2.30. The summed E-state index contributed by atoms with van der Waals surface area (Å²) in [5.74, 6) is -1.02. The lowest BCUT2D eigenvalue weighted by atomic mass is 10.1. The Hall–Kier alpha value is -4.19. The molecule has 0 aromatic carbocycles. The molecule has 0 amide bonds. The van der Waals surface area contributed by atoms with Gasteiger partial charge in [-0.15, -0.1) is 0 Å². The van der Waals surface area contributed by atoms with Crippen LogP contribution in [0.25, 0.3) is 0 Å². The molecular formula is C61H98O6. The lowest BCUT2D eigenvalue weighted by Gasteiger charge is -2.18. The first kappa shape index (κ1) is 62.8. The van der Waals surface area contributed by atoms with Crippen molar-refractivity contribution < 1.29 is 28.6 Å². The Labute approximate surface area is 412 Å². The SMILES string of the molecule is CC\C=C/C=C\C=C/C=C\CCCCCC(=O)OCC(COC(=O)CCCCCCCCCCCC/C=C\C=C/CCCCC)OC(=O)CCC/C=C\C/C=C\C/C=C\C/C=C\CCCCC. The molecule has 0 aliphatic rings. The number of rotatable bonds is 47. The Morgan fingerprint density at radius 2 is 0.657 bits per heavy atom. The number of carbonyl (C=O) groups is 3. The molecule has 0 radical (unpaired) electrons. The zero-order chi connectivity index (χ0) is 48.6. The first-order chi connectivity index (χ1) is 33.0. The Balaban J connectivity index is 4.52. The Morgan fingerprint density at radius 3 is 1.12 bits per heavy atom. The normalized spacial score (nSPS) is 13.1. The van der Waals surface area contributed by atoms with E-state index in [1.54, 1.807) is 0 Å². The molecule has 0 N–H and O–H groups in total. The van der Waals surface area contributed by atoms with Crippen LogP contribution >= 0.6 is 0 Å². The fraction of sp³-hybridized carbons (Fsp3) is 0.623. The number of ether oxygens (including phenoxy) is 3. The molecule has 0 fully saturated rings. The average Bonchev–Trinajstić information content (AvgIpc) is 3.33. The first-order valence-electron chi connectivity index (χ1n) is 27.1. The molecule has 0 heterocycles. The quantitative estimate of drug-likeness (QED) is 0.0199. The summed E-state index contributed by atoms with van der Waals surface area (Å²) in [7, 11) is 0. The third kappa shape index (κ3) is 52.6. The molecule has 1 unspecified atom stereocenters. The fourth-order valence-electron chi connectivity index (χ4n) is 6.96. The molecule has 0 aliphatic carbocycles. The molecule has 1 atom stereocenters. The smallest absolute Gasteiger partial charge is 0.306 e. The zero-order valence-corrected chi connectivity index (χ0v) is 43.1. The average molecular weight is 927 g/mol. The van der Waals surface area contributed by atoms with Crippen LogP contribution in [0.1, 0.15) is 226 Å². The molecular weight excluding hydrogens is 829 g/mol. The molecule has 6 nitrogen and oxygen atoms in total. The maximum atomic E-state index is 12.8. The molecule has 0 aromatic heterocycles. The van der Waals surface area contributed by atoms with Gasteiger partial charge in [0.05, 0.1) is 0 Å². The molecule has 0 aromatic rings. The van der Waals surface area contributed by atoms with Gasteiger partial charge in [-0.1, -0.05) is 226 Å². The van der Waals surface area contributed by atoms with E-state index in [0.29, 0.717) is 19.3 Å². The molecule has 378 valence electrons. The lowest BCUT2D eigenvalue weighted by molar-refractivity contribution is -0.167. The molecule has 0 aliphatic heterocycles. The standard InChI is InChI=1S/C61H98O6/c1-4-7-10-13-16-19-22-25-27-29-30-32-33-36-39-42-45-48-51-54-60(63)66-57-58(56-65-59(62)53-50-47-44-41-38-35-24-21-18-15-12-9-6-3)67-61(64)55-52-49-46-43-40-37-34-31-28-26-23-20-17-14-11-8-5-2/h9,12,15-22,24-26,28,34-35,37-38,43,46,58H,4-8,10-11,13-14,23,27,29-33,36,39-42,44-45,47-57H2,1-3H3/b12-9-,18-15-,19-16-,20-17-,24-21-,25-22-,28-26-,37-34-,38-35-,46-43-. The highest BCUT2D eigenvalue weighted by Gasteiger charge is 2.19. The summed E-state index contributed by atoms with van der Waals surface area (Å²) in [4.78, 5) is 38.0. The van der Waals surface area contributed by atoms with E-state index >= 15 is 0 Å². The summed E-state index contributed by atoms with van der Waals surface area (Å²) in [6.45, 7) is 6.35. The summed E-state index contributed by atoms with van der Waals surface area (Å²) in [5.41, 5.74) is 0. The van der Waals surface area contributed by atoms with Crippen LogP contribution in [0.5, 0.6) is 0 Å². The van der Waals surface area contributed by atoms with Gasteiger partial charge >= 0.3 is 17.9 Å².